The van der Waals surface area contributed by atoms with Gasteiger partial charge < -0.3 is 16.0 Å². The van der Waals surface area contributed by atoms with Crippen LogP contribution in [0.25, 0.3) is 0 Å². The third-order valence-electron chi connectivity index (χ3n) is 3.03. The molecule has 0 bridgehead atoms. The zero-order chi connectivity index (χ0) is 14.5. The van der Waals surface area contributed by atoms with Crippen LogP contribution in [0, 0.1) is 0 Å². The van der Waals surface area contributed by atoms with E-state index in [0.717, 1.165) is 29.1 Å². The van der Waals surface area contributed by atoms with Crippen LogP contribution < -0.4 is 16.0 Å². The number of anilines is 4. The summed E-state index contributed by atoms with van der Waals surface area (Å²) in [6.07, 6.45) is 1.53. The van der Waals surface area contributed by atoms with Crippen molar-refractivity contribution in [2.45, 2.75) is 13.8 Å². The lowest BCUT2D eigenvalue weighted by molar-refractivity contribution is 0.844. The maximum atomic E-state index is 6.17. The Morgan fingerprint density at radius 2 is 1.80 bits per heavy atom. The van der Waals surface area contributed by atoms with E-state index in [-0.39, 0.29) is 0 Å². The maximum Gasteiger partial charge on any atom is 0.159 e. The highest BCUT2D eigenvalue weighted by atomic mass is 79.9. The number of halogens is 1. The summed E-state index contributed by atoms with van der Waals surface area (Å²) in [7, 11) is 0. The number of benzene rings is 1. The predicted molar refractivity (Wildman–Crippen MR) is 87.4 cm³/mol. The van der Waals surface area contributed by atoms with Gasteiger partial charge in [-0.3, -0.25) is 0 Å². The smallest absolute Gasteiger partial charge is 0.159 e. The molecule has 0 aliphatic carbocycles. The molecule has 1 aromatic heterocycles. The molecule has 0 aliphatic rings. The van der Waals surface area contributed by atoms with Gasteiger partial charge in [0, 0.05) is 23.2 Å². The van der Waals surface area contributed by atoms with Crippen LogP contribution in [0.3, 0.4) is 0 Å². The number of hydrogen-bond acceptors (Lipinski definition) is 5. The molecule has 2 aromatic rings. The van der Waals surface area contributed by atoms with Gasteiger partial charge in [0.25, 0.3) is 0 Å². The first-order valence-electron chi connectivity index (χ1n) is 6.53. The summed E-state index contributed by atoms with van der Waals surface area (Å²) in [6, 6.07) is 7.85. The number of nitrogens with one attached hydrogen (secondary N) is 1. The highest BCUT2D eigenvalue weighted by molar-refractivity contribution is 9.10. The molecule has 6 heteroatoms. The minimum atomic E-state index is 0.569. The molecule has 0 radical (unpaired) electrons. The van der Waals surface area contributed by atoms with Gasteiger partial charge in [0.15, 0.2) is 11.6 Å². The Balaban J connectivity index is 2.28. The largest absolute Gasteiger partial charge is 0.393 e. The molecule has 0 fully saturated rings. The first-order chi connectivity index (χ1) is 9.65. The van der Waals surface area contributed by atoms with Gasteiger partial charge in [0.2, 0.25) is 0 Å². The topological polar surface area (TPSA) is 67.1 Å². The van der Waals surface area contributed by atoms with Crippen LogP contribution in [0.1, 0.15) is 13.8 Å². The number of nitrogens with zero attached hydrogens (tertiary/aromatic N) is 3. The Morgan fingerprint density at radius 1 is 1.15 bits per heavy atom. The Labute approximate surface area is 127 Å². The first kappa shape index (κ1) is 14.6. The van der Waals surface area contributed by atoms with Crippen molar-refractivity contribution >= 4 is 38.9 Å². The molecule has 0 aliphatic heterocycles. The zero-order valence-corrected chi connectivity index (χ0v) is 13.2. The Morgan fingerprint density at radius 3 is 2.40 bits per heavy atom. The molecular formula is C14H18BrN5. The standard InChI is InChI=1S/C14H18BrN5/c1-3-20(4-2)14-12(16)13(17-9-18-14)19-11-7-5-10(15)6-8-11/h5-9H,3-4,16H2,1-2H3,(H,17,18,19). The summed E-state index contributed by atoms with van der Waals surface area (Å²) < 4.78 is 1.03. The molecule has 5 nitrogen and oxygen atoms in total. The lowest BCUT2D eigenvalue weighted by atomic mass is 10.3. The van der Waals surface area contributed by atoms with E-state index in [4.69, 9.17) is 5.73 Å². The van der Waals surface area contributed by atoms with Crippen molar-refractivity contribution in [2.75, 3.05) is 29.0 Å². The van der Waals surface area contributed by atoms with Crippen molar-refractivity contribution in [1.29, 1.82) is 0 Å². The van der Waals surface area contributed by atoms with Crippen molar-refractivity contribution in [3.63, 3.8) is 0 Å². The fourth-order valence-electron chi connectivity index (χ4n) is 1.93. The van der Waals surface area contributed by atoms with Gasteiger partial charge >= 0.3 is 0 Å². The van der Waals surface area contributed by atoms with E-state index in [0.29, 0.717) is 11.5 Å². The number of rotatable bonds is 5. The van der Waals surface area contributed by atoms with Crippen molar-refractivity contribution in [1.82, 2.24) is 9.97 Å². The molecular weight excluding hydrogens is 318 g/mol. The quantitative estimate of drug-likeness (QED) is 0.876. The van der Waals surface area contributed by atoms with E-state index >= 15 is 0 Å². The lowest BCUT2D eigenvalue weighted by Gasteiger charge is -2.22. The van der Waals surface area contributed by atoms with E-state index in [1.165, 1.54) is 6.33 Å². The molecule has 0 atom stereocenters. The fraction of sp³-hybridized carbons (Fsp3) is 0.286. The minimum Gasteiger partial charge on any atom is -0.393 e. The molecule has 0 spiro atoms. The SMILES string of the molecule is CCN(CC)c1ncnc(Nc2ccc(Br)cc2)c1N. The monoisotopic (exact) mass is 335 g/mol. The second-order valence-electron chi connectivity index (χ2n) is 4.26. The minimum absolute atomic E-state index is 0.569. The summed E-state index contributed by atoms with van der Waals surface area (Å²) in [5, 5.41) is 3.22. The molecule has 1 aromatic carbocycles. The highest BCUT2D eigenvalue weighted by Gasteiger charge is 2.12. The van der Waals surface area contributed by atoms with Crippen molar-refractivity contribution in [2.24, 2.45) is 0 Å². The molecule has 20 heavy (non-hydrogen) atoms. The Bertz CT molecular complexity index is 566. The van der Waals surface area contributed by atoms with Crippen LogP contribution in [0.2, 0.25) is 0 Å². The van der Waals surface area contributed by atoms with Crippen LogP contribution >= 0.6 is 15.9 Å². The zero-order valence-electron chi connectivity index (χ0n) is 11.6. The Kier molecular flexibility index (Phi) is 4.79. The summed E-state index contributed by atoms with van der Waals surface area (Å²) in [6.45, 7) is 5.87. The average molecular weight is 336 g/mol. The number of nitrogens with two attached hydrogens (primary N) is 1. The molecule has 0 unspecified atom stereocenters. The van der Waals surface area contributed by atoms with Crippen LogP contribution in [-0.4, -0.2) is 23.1 Å². The van der Waals surface area contributed by atoms with E-state index in [2.05, 4.69) is 50.0 Å². The van der Waals surface area contributed by atoms with E-state index in [1.54, 1.807) is 0 Å². The lowest BCUT2D eigenvalue weighted by Crippen LogP contribution is -2.24. The van der Waals surface area contributed by atoms with Crippen LogP contribution in [0.15, 0.2) is 35.1 Å². The summed E-state index contributed by atoms with van der Waals surface area (Å²) in [5.74, 6) is 1.40. The highest BCUT2D eigenvalue weighted by Crippen LogP contribution is 2.28. The number of nitrogen functional groups attached to an aromatic ring is 1. The van der Waals surface area contributed by atoms with Crippen LogP contribution in [-0.2, 0) is 0 Å². The van der Waals surface area contributed by atoms with Crippen molar-refractivity contribution in [3.05, 3.63) is 35.1 Å². The normalized spacial score (nSPS) is 10.3. The maximum absolute atomic E-state index is 6.17. The number of hydrogen-bond donors (Lipinski definition) is 2. The van der Waals surface area contributed by atoms with Crippen molar-refractivity contribution in [3.8, 4) is 0 Å². The molecule has 1 heterocycles. The number of aromatic nitrogens is 2. The van der Waals surface area contributed by atoms with Gasteiger partial charge in [-0.2, -0.15) is 0 Å². The summed E-state index contributed by atoms with van der Waals surface area (Å²) in [4.78, 5) is 10.6. The second kappa shape index (κ2) is 6.56. The van der Waals surface area contributed by atoms with Gasteiger partial charge in [-0.1, -0.05) is 15.9 Å². The van der Waals surface area contributed by atoms with Gasteiger partial charge in [-0.05, 0) is 38.1 Å². The Hall–Kier alpha value is -1.82. The molecule has 106 valence electrons. The van der Waals surface area contributed by atoms with E-state index in [1.807, 2.05) is 24.3 Å². The molecule has 3 N–H and O–H groups in total. The first-order valence-corrected chi connectivity index (χ1v) is 7.33. The summed E-state index contributed by atoms with van der Waals surface area (Å²) >= 11 is 3.41. The van der Waals surface area contributed by atoms with Gasteiger partial charge in [-0.25, -0.2) is 9.97 Å². The second-order valence-corrected chi connectivity index (χ2v) is 5.18. The van der Waals surface area contributed by atoms with Crippen LogP contribution in [0.5, 0.6) is 0 Å². The van der Waals surface area contributed by atoms with E-state index < -0.39 is 0 Å². The molecule has 0 saturated heterocycles. The third-order valence-corrected chi connectivity index (χ3v) is 3.56. The van der Waals surface area contributed by atoms with E-state index in [9.17, 15) is 0 Å². The fourth-order valence-corrected chi connectivity index (χ4v) is 2.20. The molecule has 2 rings (SSSR count). The summed E-state index contributed by atoms with van der Waals surface area (Å²) in [5.41, 5.74) is 7.68. The molecule has 0 saturated carbocycles. The van der Waals surface area contributed by atoms with Gasteiger partial charge in [0.05, 0.1) is 0 Å². The molecule has 0 amide bonds. The van der Waals surface area contributed by atoms with Gasteiger partial charge in [-0.15, -0.1) is 0 Å². The van der Waals surface area contributed by atoms with Crippen molar-refractivity contribution < 1.29 is 0 Å². The third kappa shape index (κ3) is 3.19. The van der Waals surface area contributed by atoms with Crippen LogP contribution in [0.4, 0.5) is 23.0 Å². The average Bonchev–Trinajstić information content (AvgIpc) is 2.46. The van der Waals surface area contributed by atoms with Gasteiger partial charge in [0.1, 0.15) is 12.0 Å². The predicted octanol–water partition coefficient (Wildman–Crippen LogP) is 3.41.